The molecule has 0 aliphatic heterocycles. The maximum atomic E-state index is 2.41. The molecule has 74 valence electrons. The molecule has 0 radical (unpaired) electrons. The Morgan fingerprint density at radius 1 is 0.714 bits per heavy atom. The minimum atomic E-state index is 0. The van der Waals surface area contributed by atoms with Crippen LogP contribution in [0.15, 0.2) is 6.07 Å². The van der Waals surface area contributed by atoms with Crippen LogP contribution in [-0.2, 0) is 25.7 Å². The summed E-state index contributed by atoms with van der Waals surface area (Å²) in [6.45, 7) is 9.06. The second kappa shape index (κ2) is 6.43. The van der Waals surface area contributed by atoms with E-state index in [1.807, 2.05) is 0 Å². The van der Waals surface area contributed by atoms with Gasteiger partial charge < -0.3 is 0 Å². The van der Waals surface area contributed by atoms with Gasteiger partial charge in [-0.1, -0.05) is 53.4 Å². The molecule has 0 saturated heterocycles. The van der Waals surface area contributed by atoms with Gasteiger partial charge in [-0.15, -0.1) is 0 Å². The van der Waals surface area contributed by atoms with E-state index in [2.05, 4.69) is 33.8 Å². The van der Waals surface area contributed by atoms with E-state index >= 15 is 0 Å². The molecule has 0 nitrogen and oxygen atoms in total. The molecule has 0 bridgehead atoms. The van der Waals surface area contributed by atoms with Crippen LogP contribution in [0.1, 0.15) is 49.9 Å². The van der Waals surface area contributed by atoms with Crippen molar-refractivity contribution in [3.05, 3.63) is 28.3 Å². The van der Waals surface area contributed by atoms with E-state index in [0.29, 0.717) is 0 Å². The van der Waals surface area contributed by atoms with E-state index in [1.165, 1.54) is 25.7 Å². The molecule has 1 aromatic rings. The monoisotopic (exact) mass is 184 g/mol. The van der Waals surface area contributed by atoms with Gasteiger partial charge in [-0.25, -0.2) is 0 Å². The van der Waals surface area contributed by atoms with Crippen LogP contribution in [0.3, 0.4) is 0 Å². The van der Waals surface area contributed by atoms with Crippen LogP contribution in [-0.4, -0.2) is 0 Å². The molecule has 0 aliphatic rings. The summed E-state index contributed by atoms with van der Waals surface area (Å²) < 4.78 is 0. The Bertz CT molecular complexity index is 245. The molecule has 0 spiro atoms. The maximum absolute atomic E-state index is 2.41. The largest absolute Gasteiger partial charge is 1.00 e. The van der Waals surface area contributed by atoms with Gasteiger partial charge in [-0.3, -0.25) is 0 Å². The zero-order chi connectivity index (χ0) is 9.84. The summed E-state index contributed by atoms with van der Waals surface area (Å²) in [6, 6.07) is 2.41. The van der Waals surface area contributed by atoms with Gasteiger partial charge in [0.1, 0.15) is 0 Å². The molecule has 0 amide bonds. The molecule has 0 aliphatic carbocycles. The quantitative estimate of drug-likeness (QED) is 0.476. The molecule has 0 fully saturated rings. The Labute approximate surface area is 101 Å². The number of hydrogen-bond donors (Lipinski definition) is 0. The molecule has 0 unspecified atom stereocenters. The van der Waals surface area contributed by atoms with Crippen LogP contribution >= 0.6 is 0 Å². The standard InChI is InChI=1S/C13H21.Li/c1-5-10-9-11(6-2)13(8-4)12(10)7-3;/h9H,5-8H2,1-4H3;/q-1;+1. The molecule has 0 aromatic heterocycles. The first kappa shape index (κ1) is 13.9. The zero-order valence-corrected chi connectivity index (χ0v) is 10.4. The topological polar surface area (TPSA) is 0 Å². The van der Waals surface area contributed by atoms with Crippen molar-refractivity contribution in [2.24, 2.45) is 0 Å². The average Bonchev–Trinajstić information content (AvgIpc) is 2.54. The molecular formula is C13H21Li. The summed E-state index contributed by atoms with van der Waals surface area (Å²) in [7, 11) is 0. The first-order valence-electron chi connectivity index (χ1n) is 5.57. The van der Waals surface area contributed by atoms with E-state index in [4.69, 9.17) is 0 Å². The van der Waals surface area contributed by atoms with Gasteiger partial charge in [-0.05, 0) is 0 Å². The third-order valence-corrected chi connectivity index (χ3v) is 2.96. The van der Waals surface area contributed by atoms with Crippen molar-refractivity contribution in [3.63, 3.8) is 0 Å². The fraction of sp³-hybridized carbons (Fsp3) is 0.615. The van der Waals surface area contributed by atoms with Crippen molar-refractivity contribution < 1.29 is 18.9 Å². The van der Waals surface area contributed by atoms with Gasteiger partial charge >= 0.3 is 18.9 Å². The minimum Gasteiger partial charge on any atom is -0.193 e. The molecular weight excluding hydrogens is 163 g/mol. The zero-order valence-electron chi connectivity index (χ0n) is 10.4. The van der Waals surface area contributed by atoms with Crippen molar-refractivity contribution >= 4 is 0 Å². The van der Waals surface area contributed by atoms with Gasteiger partial charge in [0.2, 0.25) is 0 Å². The molecule has 1 heteroatoms. The molecule has 0 atom stereocenters. The van der Waals surface area contributed by atoms with Crippen LogP contribution in [0.2, 0.25) is 0 Å². The molecule has 1 rings (SSSR count). The number of rotatable bonds is 4. The summed E-state index contributed by atoms with van der Waals surface area (Å²) in [5.41, 5.74) is 6.41. The van der Waals surface area contributed by atoms with E-state index in [0.717, 1.165) is 0 Å². The van der Waals surface area contributed by atoms with Gasteiger partial charge in [0.15, 0.2) is 0 Å². The van der Waals surface area contributed by atoms with Gasteiger partial charge in [0, 0.05) is 0 Å². The first-order valence-corrected chi connectivity index (χ1v) is 5.57. The normalized spacial score (nSPS) is 10.0. The fourth-order valence-corrected chi connectivity index (χ4v) is 2.28. The molecule has 0 saturated carbocycles. The summed E-state index contributed by atoms with van der Waals surface area (Å²) in [4.78, 5) is 0. The Hall–Kier alpha value is -0.0526. The minimum absolute atomic E-state index is 0. The van der Waals surface area contributed by atoms with Gasteiger partial charge in [0.05, 0.1) is 0 Å². The number of hydrogen-bond acceptors (Lipinski definition) is 0. The molecule has 0 heterocycles. The van der Waals surface area contributed by atoms with Crippen LogP contribution < -0.4 is 18.9 Å². The smallest absolute Gasteiger partial charge is 0.193 e. The predicted molar refractivity (Wildman–Crippen MR) is 59.5 cm³/mol. The Kier molecular flexibility index (Phi) is 6.41. The van der Waals surface area contributed by atoms with Crippen LogP contribution in [0.4, 0.5) is 0 Å². The van der Waals surface area contributed by atoms with E-state index in [1.54, 1.807) is 22.3 Å². The van der Waals surface area contributed by atoms with Crippen LogP contribution in [0.25, 0.3) is 0 Å². The summed E-state index contributed by atoms with van der Waals surface area (Å²) in [5, 5.41) is 0. The first-order chi connectivity index (χ1) is 6.28. The molecule has 0 N–H and O–H groups in total. The number of aryl methyl sites for hydroxylation is 2. The average molecular weight is 184 g/mol. The van der Waals surface area contributed by atoms with Gasteiger partial charge in [-0.2, -0.15) is 28.3 Å². The van der Waals surface area contributed by atoms with Gasteiger partial charge in [0.25, 0.3) is 0 Å². The predicted octanol–water partition coefficient (Wildman–Crippen LogP) is 0.659. The van der Waals surface area contributed by atoms with Crippen molar-refractivity contribution in [3.8, 4) is 0 Å². The second-order valence-corrected chi connectivity index (χ2v) is 3.57. The van der Waals surface area contributed by atoms with Crippen molar-refractivity contribution in [1.29, 1.82) is 0 Å². The molecule has 1 aromatic carbocycles. The summed E-state index contributed by atoms with van der Waals surface area (Å²) in [6.07, 6.45) is 4.78. The Morgan fingerprint density at radius 3 is 1.29 bits per heavy atom. The maximum Gasteiger partial charge on any atom is 1.00 e. The van der Waals surface area contributed by atoms with Crippen molar-refractivity contribution in [2.75, 3.05) is 0 Å². The van der Waals surface area contributed by atoms with E-state index in [9.17, 15) is 0 Å². The van der Waals surface area contributed by atoms with E-state index in [-0.39, 0.29) is 18.9 Å². The summed E-state index contributed by atoms with van der Waals surface area (Å²) in [5.74, 6) is 0. The van der Waals surface area contributed by atoms with Crippen LogP contribution in [0, 0.1) is 0 Å². The third-order valence-electron chi connectivity index (χ3n) is 2.96. The second-order valence-electron chi connectivity index (χ2n) is 3.57. The fourth-order valence-electron chi connectivity index (χ4n) is 2.28. The SMILES string of the molecule is CCc1[cH-]c(CC)c(CC)c1CC.[Li+]. The van der Waals surface area contributed by atoms with E-state index < -0.39 is 0 Å². The van der Waals surface area contributed by atoms with Crippen molar-refractivity contribution in [1.82, 2.24) is 0 Å². The van der Waals surface area contributed by atoms with Crippen molar-refractivity contribution in [2.45, 2.75) is 53.4 Å². The Balaban J connectivity index is 0.00000169. The third kappa shape index (κ3) is 2.50. The Morgan fingerprint density at radius 2 is 1.07 bits per heavy atom. The molecule has 14 heavy (non-hydrogen) atoms. The van der Waals surface area contributed by atoms with Crippen LogP contribution in [0.5, 0.6) is 0 Å². The summed E-state index contributed by atoms with van der Waals surface area (Å²) >= 11 is 0.